The van der Waals surface area contributed by atoms with Gasteiger partial charge < -0.3 is 5.73 Å². The van der Waals surface area contributed by atoms with E-state index in [0.29, 0.717) is 5.41 Å². The van der Waals surface area contributed by atoms with Crippen LogP contribution >= 0.6 is 0 Å². The fraction of sp³-hybridized carbons (Fsp3) is 0.643. The average molecular weight is 238 g/mol. The van der Waals surface area contributed by atoms with Gasteiger partial charge in [0.15, 0.2) is 0 Å². The van der Waals surface area contributed by atoms with Crippen LogP contribution in [0.2, 0.25) is 0 Å². The topological polar surface area (TPSA) is 38.9 Å². The van der Waals surface area contributed by atoms with E-state index in [4.69, 9.17) is 5.73 Å². The number of hydrogen-bond acceptors (Lipinski definition) is 2. The zero-order valence-electron chi connectivity index (χ0n) is 11.3. The molecule has 1 atom stereocenters. The third-order valence-corrected chi connectivity index (χ3v) is 2.94. The number of pyridine rings is 1. The lowest BCUT2D eigenvalue weighted by Gasteiger charge is -2.26. The van der Waals surface area contributed by atoms with Crippen LogP contribution in [0.1, 0.15) is 52.7 Å². The minimum atomic E-state index is -0.473. The van der Waals surface area contributed by atoms with E-state index < -0.39 is 5.54 Å². The zero-order valence-corrected chi connectivity index (χ0v) is 11.3. The molecule has 1 aromatic heterocycles. The molecule has 2 nitrogen and oxygen atoms in total. The number of hydrogen-bond donors (Lipinski definition) is 1. The average Bonchev–Trinajstić information content (AvgIpc) is 2.15. The lowest BCUT2D eigenvalue weighted by molar-refractivity contribution is 0.325. The molecule has 1 heterocycles. The normalized spacial score (nSPS) is 15.6. The standard InChI is InChI=1S/C14H23FN2/c1-13(2,3)8-5-9-14(4,16)12-7-6-11(15)10-17-12/h6-7,10H,5,8-9,16H2,1-4H3. The van der Waals surface area contributed by atoms with E-state index in [2.05, 4.69) is 25.8 Å². The van der Waals surface area contributed by atoms with Crippen LogP contribution in [0.25, 0.3) is 0 Å². The van der Waals surface area contributed by atoms with Crippen molar-refractivity contribution in [1.29, 1.82) is 0 Å². The maximum Gasteiger partial charge on any atom is 0.141 e. The van der Waals surface area contributed by atoms with Crippen LogP contribution in [0.5, 0.6) is 0 Å². The Bertz CT molecular complexity index is 349. The molecule has 17 heavy (non-hydrogen) atoms. The molecular formula is C14H23FN2. The van der Waals surface area contributed by atoms with Crippen LogP contribution in [0.4, 0.5) is 4.39 Å². The first-order chi connectivity index (χ1) is 7.71. The predicted octanol–water partition coefficient (Wildman–Crippen LogP) is 3.61. The minimum absolute atomic E-state index is 0.320. The Hall–Kier alpha value is -0.960. The van der Waals surface area contributed by atoms with E-state index in [1.54, 1.807) is 6.07 Å². The number of nitrogens with two attached hydrogens (primary N) is 1. The van der Waals surface area contributed by atoms with Gasteiger partial charge in [-0.15, -0.1) is 0 Å². The second kappa shape index (κ2) is 5.13. The zero-order chi connectivity index (χ0) is 13.1. The van der Waals surface area contributed by atoms with E-state index in [1.807, 2.05) is 6.92 Å². The summed E-state index contributed by atoms with van der Waals surface area (Å²) in [5, 5.41) is 0. The van der Waals surface area contributed by atoms with Crippen molar-refractivity contribution < 1.29 is 4.39 Å². The summed E-state index contributed by atoms with van der Waals surface area (Å²) < 4.78 is 12.8. The molecule has 0 aliphatic rings. The molecule has 2 N–H and O–H groups in total. The Balaban J connectivity index is 2.59. The van der Waals surface area contributed by atoms with Crippen molar-refractivity contribution in [3.63, 3.8) is 0 Å². The summed E-state index contributed by atoms with van der Waals surface area (Å²) in [6, 6.07) is 3.09. The Morgan fingerprint density at radius 3 is 2.29 bits per heavy atom. The SMILES string of the molecule is CC(C)(C)CCCC(C)(N)c1ccc(F)cn1. The molecule has 0 aromatic carbocycles. The molecule has 0 amide bonds. The molecule has 0 bridgehead atoms. The molecule has 0 aliphatic heterocycles. The molecule has 0 saturated heterocycles. The molecule has 0 fully saturated rings. The van der Waals surface area contributed by atoms with Crippen molar-refractivity contribution in [1.82, 2.24) is 4.98 Å². The van der Waals surface area contributed by atoms with Crippen molar-refractivity contribution in [3.8, 4) is 0 Å². The lowest BCUT2D eigenvalue weighted by Crippen LogP contribution is -2.34. The van der Waals surface area contributed by atoms with Gasteiger partial charge in [0.25, 0.3) is 0 Å². The molecule has 3 heteroatoms. The first kappa shape index (κ1) is 14.1. The van der Waals surface area contributed by atoms with Gasteiger partial charge in [-0.2, -0.15) is 0 Å². The van der Waals surface area contributed by atoms with E-state index in [-0.39, 0.29) is 5.82 Å². The van der Waals surface area contributed by atoms with Crippen LogP contribution in [0.3, 0.4) is 0 Å². The first-order valence-corrected chi connectivity index (χ1v) is 6.12. The summed E-state index contributed by atoms with van der Waals surface area (Å²) in [5.74, 6) is -0.320. The van der Waals surface area contributed by atoms with E-state index >= 15 is 0 Å². The fourth-order valence-electron chi connectivity index (χ4n) is 1.83. The van der Waals surface area contributed by atoms with E-state index in [1.165, 1.54) is 12.3 Å². The maximum absolute atomic E-state index is 12.8. The third kappa shape index (κ3) is 4.82. The van der Waals surface area contributed by atoms with Crippen LogP contribution in [-0.2, 0) is 5.54 Å². The molecule has 1 aromatic rings. The molecule has 0 saturated carbocycles. The second-order valence-corrected chi connectivity index (χ2v) is 6.19. The number of halogens is 1. The largest absolute Gasteiger partial charge is 0.320 e. The smallest absolute Gasteiger partial charge is 0.141 e. The van der Waals surface area contributed by atoms with Gasteiger partial charge in [-0.25, -0.2) is 4.39 Å². The molecule has 0 aliphatic carbocycles. The number of nitrogens with zero attached hydrogens (tertiary/aromatic N) is 1. The second-order valence-electron chi connectivity index (χ2n) is 6.19. The summed E-state index contributed by atoms with van der Waals surface area (Å²) in [6.07, 6.45) is 4.27. The summed E-state index contributed by atoms with van der Waals surface area (Å²) in [5.41, 5.74) is 6.84. The van der Waals surface area contributed by atoms with Crippen molar-refractivity contribution in [2.24, 2.45) is 11.1 Å². The fourth-order valence-corrected chi connectivity index (χ4v) is 1.83. The number of aromatic nitrogens is 1. The molecule has 0 radical (unpaired) electrons. The van der Waals surface area contributed by atoms with Crippen molar-refractivity contribution in [2.75, 3.05) is 0 Å². The highest BCUT2D eigenvalue weighted by Crippen LogP contribution is 2.27. The highest BCUT2D eigenvalue weighted by Gasteiger charge is 2.23. The minimum Gasteiger partial charge on any atom is -0.320 e. The van der Waals surface area contributed by atoms with E-state index in [9.17, 15) is 4.39 Å². The highest BCUT2D eigenvalue weighted by atomic mass is 19.1. The van der Waals surface area contributed by atoms with Crippen molar-refractivity contribution in [3.05, 3.63) is 29.8 Å². The molecule has 1 unspecified atom stereocenters. The van der Waals surface area contributed by atoms with Gasteiger partial charge in [-0.3, -0.25) is 4.98 Å². The van der Waals surface area contributed by atoms with Crippen molar-refractivity contribution >= 4 is 0 Å². The maximum atomic E-state index is 12.8. The molecular weight excluding hydrogens is 215 g/mol. The van der Waals surface area contributed by atoms with Gasteiger partial charge in [0.2, 0.25) is 0 Å². The van der Waals surface area contributed by atoms with Crippen LogP contribution in [0, 0.1) is 11.2 Å². The van der Waals surface area contributed by atoms with Gasteiger partial charge in [0.1, 0.15) is 5.82 Å². The summed E-state index contributed by atoms with van der Waals surface area (Å²) in [6.45, 7) is 8.61. The highest BCUT2D eigenvalue weighted by molar-refractivity contribution is 5.14. The van der Waals surface area contributed by atoms with Gasteiger partial charge in [0.05, 0.1) is 17.4 Å². The van der Waals surface area contributed by atoms with Gasteiger partial charge in [-0.1, -0.05) is 27.2 Å². The Labute approximate surface area is 103 Å². The van der Waals surface area contributed by atoms with Crippen molar-refractivity contribution in [2.45, 2.75) is 52.5 Å². The molecule has 0 spiro atoms. The van der Waals surface area contributed by atoms with Gasteiger partial charge in [-0.05, 0) is 37.3 Å². The van der Waals surface area contributed by atoms with Gasteiger partial charge in [0, 0.05) is 0 Å². The molecule has 96 valence electrons. The Morgan fingerprint density at radius 2 is 1.82 bits per heavy atom. The van der Waals surface area contributed by atoms with Gasteiger partial charge >= 0.3 is 0 Å². The number of rotatable bonds is 4. The Morgan fingerprint density at radius 1 is 1.18 bits per heavy atom. The summed E-state index contributed by atoms with van der Waals surface area (Å²) in [7, 11) is 0. The monoisotopic (exact) mass is 238 g/mol. The quantitative estimate of drug-likeness (QED) is 0.870. The summed E-state index contributed by atoms with van der Waals surface area (Å²) in [4.78, 5) is 4.07. The third-order valence-electron chi connectivity index (χ3n) is 2.94. The predicted molar refractivity (Wildman–Crippen MR) is 69.0 cm³/mol. The van der Waals surface area contributed by atoms with Crippen LogP contribution in [0.15, 0.2) is 18.3 Å². The molecule has 1 rings (SSSR count). The van der Waals surface area contributed by atoms with E-state index in [0.717, 1.165) is 25.0 Å². The first-order valence-electron chi connectivity index (χ1n) is 6.12. The van der Waals surface area contributed by atoms with Crippen LogP contribution < -0.4 is 5.73 Å². The van der Waals surface area contributed by atoms with Crippen LogP contribution in [-0.4, -0.2) is 4.98 Å². The Kier molecular flexibility index (Phi) is 4.26. The summed E-state index contributed by atoms with van der Waals surface area (Å²) >= 11 is 0. The lowest BCUT2D eigenvalue weighted by atomic mass is 9.85.